The van der Waals surface area contributed by atoms with Gasteiger partial charge in [0.25, 0.3) is 23.3 Å². The van der Waals surface area contributed by atoms with E-state index in [0.717, 1.165) is 12.2 Å². The van der Waals surface area contributed by atoms with Gasteiger partial charge in [0.05, 0.1) is 61.2 Å². The number of imide groups is 1. The first-order valence-corrected chi connectivity index (χ1v) is 25.4. The monoisotopic (exact) mass is 1090 g/mol. The Labute approximate surface area is 448 Å². The number of carbonyl (C=O) groups is 10. The Morgan fingerprint density at radius 3 is 2.24 bits per heavy atom. The number of amides is 8. The molecule has 26 heteroatoms. The average Bonchev–Trinajstić information content (AvgIpc) is 3.11. The third kappa shape index (κ3) is 11.1. The molecule has 79 heavy (non-hydrogen) atoms. The van der Waals surface area contributed by atoms with Crippen molar-refractivity contribution < 1.29 is 72.0 Å². The van der Waals surface area contributed by atoms with Crippen molar-refractivity contribution in [3.05, 3.63) is 110 Å². The highest BCUT2D eigenvalue weighted by molar-refractivity contribution is 6.15. The number of pyridine rings is 2. The molecule has 9 rings (SSSR count). The maximum atomic E-state index is 15.5. The third-order valence-electron chi connectivity index (χ3n) is 14.7. The van der Waals surface area contributed by atoms with Crippen LogP contribution in [0.15, 0.2) is 59.4 Å². The summed E-state index contributed by atoms with van der Waals surface area (Å²) in [6.07, 6.45) is 3.13. The van der Waals surface area contributed by atoms with Gasteiger partial charge in [-0.3, -0.25) is 52.8 Å². The van der Waals surface area contributed by atoms with Crippen molar-refractivity contribution in [2.45, 2.75) is 94.9 Å². The highest BCUT2D eigenvalue weighted by Gasteiger charge is 2.53. The summed E-state index contributed by atoms with van der Waals surface area (Å²) in [6.45, 7) is -0.435. The Balaban J connectivity index is 0.795. The fraction of sp³-hybridized carbons (Fsp3) is 0.396. The first-order valence-electron chi connectivity index (χ1n) is 25.4. The largest absolute Gasteiger partial charge is 0.480 e. The molecule has 8 amide bonds. The second kappa shape index (κ2) is 22.3. The number of cyclic esters (lactones) is 1. The van der Waals surface area contributed by atoms with E-state index in [2.05, 4.69) is 37.2 Å². The predicted molar refractivity (Wildman–Crippen MR) is 271 cm³/mol. The van der Waals surface area contributed by atoms with E-state index < -0.39 is 139 Å². The second-order valence-electron chi connectivity index (χ2n) is 19.7. The van der Waals surface area contributed by atoms with E-state index in [1.54, 1.807) is 50.2 Å². The molecule has 0 saturated heterocycles. The molecule has 3 aliphatic heterocycles. The van der Waals surface area contributed by atoms with E-state index in [4.69, 9.17) is 19.6 Å². The van der Waals surface area contributed by atoms with Gasteiger partial charge in [-0.05, 0) is 67.3 Å². The fourth-order valence-electron chi connectivity index (χ4n) is 10.3. The number of ether oxygens (including phenoxy) is 2. The van der Waals surface area contributed by atoms with Gasteiger partial charge in [0.2, 0.25) is 29.5 Å². The van der Waals surface area contributed by atoms with Gasteiger partial charge in [-0.15, -0.1) is 0 Å². The lowest BCUT2D eigenvalue weighted by Crippen LogP contribution is -2.56. The summed E-state index contributed by atoms with van der Waals surface area (Å²) in [4.78, 5) is 147. The zero-order valence-electron chi connectivity index (χ0n) is 42.7. The zero-order valence-corrected chi connectivity index (χ0v) is 42.7. The van der Waals surface area contributed by atoms with Gasteiger partial charge < -0.3 is 61.5 Å². The van der Waals surface area contributed by atoms with E-state index in [0.29, 0.717) is 80.7 Å². The molecule has 1 saturated carbocycles. The van der Waals surface area contributed by atoms with Crippen molar-refractivity contribution in [3.8, 4) is 11.4 Å². The number of hydrogen-bond donors (Lipinski definition) is 9. The maximum absolute atomic E-state index is 15.5. The molecule has 4 aromatic rings. The summed E-state index contributed by atoms with van der Waals surface area (Å²) in [5.41, 5.74) is 0.372. The standard InChI is InChI=1S/C53H55FN10O15/c1-3-53(77)31-16-36-46-29(23-63(36)49(74)30(31)24-78-51(53)76)45-33(10-9-28-26(2)32(54)17-34(61-46)44(28)45)62-50(75)52(13-14-52)79-25-59-39(66)20-57-47(72)35(15-27-7-5-4-6-8-27)60-40(67)21-56-38(65)19-58-48(73)37(18-55-22-43(70)71)64-41(68)11-12-42(64)69/h4-8,11-12,16-17,33,35,37,55,77H,3,9-10,13-15,18-25H2,1-2H3,(H,56,65)(H,57,72)(H,58,73)(H,59,66)(H,60,67)(H,62,75)(H,70,71)/t33-,35-,37-,53-/m0/s1. The Morgan fingerprint density at radius 2 is 1.56 bits per heavy atom. The van der Waals surface area contributed by atoms with Crippen molar-refractivity contribution in [2.24, 2.45) is 0 Å². The summed E-state index contributed by atoms with van der Waals surface area (Å²) in [6, 6.07) is 8.04. The van der Waals surface area contributed by atoms with Gasteiger partial charge in [-0.1, -0.05) is 37.3 Å². The molecule has 2 aliphatic carbocycles. The number of aliphatic carboxylic acids is 1. The quantitative estimate of drug-likeness (QED) is 0.0212. The van der Waals surface area contributed by atoms with Gasteiger partial charge in [0, 0.05) is 47.7 Å². The number of nitrogens with one attached hydrogen (secondary N) is 7. The number of carboxylic acid groups (broad SMARTS) is 1. The van der Waals surface area contributed by atoms with Crippen molar-refractivity contribution in [1.82, 2.24) is 51.7 Å². The van der Waals surface area contributed by atoms with Crippen molar-refractivity contribution in [2.75, 3.05) is 39.5 Å². The van der Waals surface area contributed by atoms with Crippen LogP contribution in [0.1, 0.15) is 77.6 Å². The highest BCUT2D eigenvalue weighted by Crippen LogP contribution is 2.47. The number of hydrogen-bond acceptors (Lipinski definition) is 16. The van der Waals surface area contributed by atoms with E-state index in [1.165, 1.54) is 10.6 Å². The number of fused-ring (bicyclic) bond motifs is 5. The van der Waals surface area contributed by atoms with Gasteiger partial charge in [-0.25, -0.2) is 14.2 Å². The Bertz CT molecular complexity index is 3340. The van der Waals surface area contributed by atoms with Gasteiger partial charge >= 0.3 is 11.9 Å². The fourth-order valence-corrected chi connectivity index (χ4v) is 10.3. The Hall–Kier alpha value is -8.75. The van der Waals surface area contributed by atoms with Crippen LogP contribution < -0.4 is 42.8 Å². The number of carboxylic acids is 1. The minimum atomic E-state index is -2.07. The van der Waals surface area contributed by atoms with E-state index in [-0.39, 0.29) is 37.1 Å². The van der Waals surface area contributed by atoms with Crippen LogP contribution in [0, 0.1) is 12.7 Å². The predicted octanol–water partition coefficient (Wildman–Crippen LogP) is -1.70. The Kier molecular flexibility index (Phi) is 15.5. The molecule has 414 valence electrons. The molecule has 9 N–H and O–H groups in total. The topological polar surface area (TPSA) is 352 Å². The molecular formula is C53H55FN10O15. The van der Waals surface area contributed by atoms with Gasteiger partial charge in [0.1, 0.15) is 36.8 Å². The number of nitrogens with zero attached hydrogens (tertiary/aromatic N) is 3. The first kappa shape index (κ1) is 55.0. The first-order chi connectivity index (χ1) is 37.7. The number of benzene rings is 2. The van der Waals surface area contributed by atoms with Crippen LogP contribution in [0.4, 0.5) is 4.39 Å². The molecular weight excluding hydrogens is 1040 g/mol. The molecule has 5 aliphatic rings. The molecule has 2 aromatic carbocycles. The molecule has 1 fully saturated rings. The van der Waals surface area contributed by atoms with Crippen LogP contribution in [0.25, 0.3) is 22.3 Å². The van der Waals surface area contributed by atoms with E-state index in [1.807, 2.05) is 0 Å². The number of aromatic nitrogens is 2. The normalized spacial score (nSPS) is 18.8. The van der Waals surface area contributed by atoms with Crippen LogP contribution in [0.2, 0.25) is 0 Å². The van der Waals surface area contributed by atoms with Crippen molar-refractivity contribution >= 4 is 70.1 Å². The summed E-state index contributed by atoms with van der Waals surface area (Å²) < 4.78 is 28.2. The Morgan fingerprint density at radius 1 is 0.873 bits per heavy atom. The second-order valence-corrected chi connectivity index (χ2v) is 19.7. The smallest absolute Gasteiger partial charge is 0.343 e. The summed E-state index contributed by atoms with van der Waals surface area (Å²) >= 11 is 0. The van der Waals surface area contributed by atoms with E-state index in [9.17, 15) is 57.8 Å². The zero-order chi connectivity index (χ0) is 56.5. The van der Waals surface area contributed by atoms with Crippen LogP contribution in [0.3, 0.4) is 0 Å². The molecule has 0 radical (unpaired) electrons. The van der Waals surface area contributed by atoms with Gasteiger partial charge in [-0.2, -0.15) is 0 Å². The number of aryl methyl sites for hydroxylation is 1. The molecule has 0 bridgehead atoms. The number of carbonyl (C=O) groups excluding carboxylic acids is 9. The average molecular weight is 1090 g/mol. The summed E-state index contributed by atoms with van der Waals surface area (Å²) in [7, 11) is 0. The summed E-state index contributed by atoms with van der Waals surface area (Å²) in [5, 5.41) is 38.6. The van der Waals surface area contributed by atoms with Crippen LogP contribution in [-0.4, -0.2) is 141 Å². The number of rotatable bonds is 22. The minimum Gasteiger partial charge on any atom is -0.480 e. The lowest BCUT2D eigenvalue weighted by molar-refractivity contribution is -0.172. The van der Waals surface area contributed by atoms with Crippen molar-refractivity contribution in [1.29, 1.82) is 0 Å². The third-order valence-corrected chi connectivity index (χ3v) is 14.7. The summed E-state index contributed by atoms with van der Waals surface area (Å²) in [5.74, 6) is -8.87. The highest BCUT2D eigenvalue weighted by atomic mass is 19.1. The van der Waals surface area contributed by atoms with Crippen LogP contribution in [-0.2, 0) is 89.0 Å². The molecule has 5 heterocycles. The lowest BCUT2D eigenvalue weighted by atomic mass is 9.81. The van der Waals surface area contributed by atoms with Crippen LogP contribution in [0.5, 0.6) is 0 Å². The number of aliphatic hydroxyl groups is 1. The van der Waals surface area contributed by atoms with Crippen molar-refractivity contribution in [3.63, 3.8) is 0 Å². The van der Waals surface area contributed by atoms with E-state index >= 15 is 4.39 Å². The van der Waals surface area contributed by atoms with Crippen LogP contribution >= 0.6 is 0 Å². The molecule has 0 unspecified atom stereocenters. The minimum absolute atomic E-state index is 0.0318. The number of halogens is 1. The molecule has 4 atom stereocenters. The lowest BCUT2D eigenvalue weighted by Gasteiger charge is -2.31. The molecule has 0 spiro atoms. The molecule has 25 nitrogen and oxygen atoms in total. The maximum Gasteiger partial charge on any atom is 0.343 e. The van der Waals surface area contributed by atoms with Gasteiger partial charge in [0.15, 0.2) is 5.60 Å². The molecule has 2 aromatic heterocycles. The SMILES string of the molecule is CC[C@@]1(O)C(=O)OCc2c1cc1n(c2=O)Cc2c-1nc1cc(F)c(C)c3c1c2[C@@H](NC(=O)C1(OCNC(=O)CNC(=O)[C@H](Cc2ccccc2)NC(=O)CNC(=O)CNC(=O)[C@H](CNCC(=O)O)N2C(=O)C=CC2=O)CC1)CC3. The number of esters is 1.